The molecule has 0 radical (unpaired) electrons. The molecule has 0 saturated heterocycles. The van der Waals surface area contributed by atoms with Gasteiger partial charge in [-0.15, -0.1) is 0 Å². The molecule has 1 heterocycles. The average Bonchev–Trinajstić information content (AvgIpc) is 2.67. The Hall–Kier alpha value is -1.83. The van der Waals surface area contributed by atoms with Gasteiger partial charge in [0, 0.05) is 5.56 Å². The molecule has 70 valence electrons. The van der Waals surface area contributed by atoms with Gasteiger partial charge in [0.1, 0.15) is 0 Å². The summed E-state index contributed by atoms with van der Waals surface area (Å²) in [5.41, 5.74) is 3.05. The number of rotatable bonds is 2. The van der Waals surface area contributed by atoms with Crippen LogP contribution in [0.3, 0.4) is 0 Å². The smallest absolute Gasteiger partial charge is 0.185 e. The second kappa shape index (κ2) is 3.50. The van der Waals surface area contributed by atoms with Crippen LogP contribution in [0.2, 0.25) is 0 Å². The zero-order valence-electron chi connectivity index (χ0n) is 7.86. The minimum Gasteiger partial charge on any atom is -0.461 e. The largest absolute Gasteiger partial charge is 0.461 e. The molecule has 0 aliphatic rings. The van der Waals surface area contributed by atoms with Crippen LogP contribution >= 0.6 is 0 Å². The van der Waals surface area contributed by atoms with Crippen molar-refractivity contribution in [2.45, 2.75) is 6.92 Å². The Kier molecular flexibility index (Phi) is 2.19. The third-order valence-electron chi connectivity index (χ3n) is 2.16. The van der Waals surface area contributed by atoms with Crippen LogP contribution in [0.25, 0.3) is 11.1 Å². The Bertz CT molecular complexity index is 438. The molecule has 0 bridgehead atoms. The van der Waals surface area contributed by atoms with Gasteiger partial charge < -0.3 is 4.42 Å². The summed E-state index contributed by atoms with van der Waals surface area (Å²) in [4.78, 5) is 10.6. The van der Waals surface area contributed by atoms with Gasteiger partial charge in [-0.05, 0) is 18.6 Å². The van der Waals surface area contributed by atoms with Gasteiger partial charge in [-0.25, -0.2) is 0 Å². The molecule has 1 aromatic heterocycles. The molecular weight excluding hydrogens is 176 g/mol. The summed E-state index contributed by atoms with van der Waals surface area (Å²) in [6.45, 7) is 2.03. The lowest BCUT2D eigenvalue weighted by atomic mass is 10.1. The van der Waals surface area contributed by atoms with E-state index in [1.165, 1.54) is 11.8 Å². The minimum atomic E-state index is 0.383. The zero-order chi connectivity index (χ0) is 9.97. The Morgan fingerprint density at radius 3 is 2.50 bits per heavy atom. The first kappa shape index (κ1) is 8.75. The molecule has 0 unspecified atom stereocenters. The predicted molar refractivity (Wildman–Crippen MR) is 54.3 cm³/mol. The molecule has 2 nitrogen and oxygen atoms in total. The molecule has 0 fully saturated rings. The van der Waals surface area contributed by atoms with Crippen LogP contribution in [-0.2, 0) is 0 Å². The number of hydrogen-bond donors (Lipinski definition) is 0. The number of aryl methyl sites for hydroxylation is 1. The molecule has 14 heavy (non-hydrogen) atoms. The SMILES string of the molecule is Cc1ccc(-c2ccoc2C=O)cc1. The molecule has 0 N–H and O–H groups in total. The molecule has 1 aromatic carbocycles. The van der Waals surface area contributed by atoms with Gasteiger partial charge in [0.25, 0.3) is 0 Å². The summed E-state index contributed by atoms with van der Waals surface area (Å²) in [5, 5.41) is 0. The first-order valence-corrected chi connectivity index (χ1v) is 4.41. The summed E-state index contributed by atoms with van der Waals surface area (Å²) in [7, 11) is 0. The van der Waals surface area contributed by atoms with Crippen molar-refractivity contribution in [3.05, 3.63) is 47.9 Å². The molecule has 0 amide bonds. The van der Waals surface area contributed by atoms with Crippen molar-refractivity contribution in [2.24, 2.45) is 0 Å². The number of hydrogen-bond acceptors (Lipinski definition) is 2. The van der Waals surface area contributed by atoms with Gasteiger partial charge in [-0.1, -0.05) is 29.8 Å². The first-order chi connectivity index (χ1) is 6.81. The van der Waals surface area contributed by atoms with Crippen molar-refractivity contribution in [2.75, 3.05) is 0 Å². The van der Waals surface area contributed by atoms with Gasteiger partial charge in [-0.2, -0.15) is 0 Å². The Labute approximate surface area is 82.2 Å². The molecule has 0 spiro atoms. The summed E-state index contributed by atoms with van der Waals surface area (Å²) in [6.07, 6.45) is 2.26. The van der Waals surface area contributed by atoms with Gasteiger partial charge in [0.15, 0.2) is 12.0 Å². The Morgan fingerprint density at radius 2 is 1.86 bits per heavy atom. The van der Waals surface area contributed by atoms with E-state index in [1.807, 2.05) is 31.2 Å². The molecule has 0 aliphatic heterocycles. The van der Waals surface area contributed by atoms with Crippen molar-refractivity contribution in [1.82, 2.24) is 0 Å². The number of aldehydes is 1. The second-order valence-electron chi connectivity index (χ2n) is 3.18. The fourth-order valence-corrected chi connectivity index (χ4v) is 1.38. The fraction of sp³-hybridized carbons (Fsp3) is 0.0833. The van der Waals surface area contributed by atoms with E-state index in [9.17, 15) is 4.79 Å². The van der Waals surface area contributed by atoms with E-state index in [2.05, 4.69) is 0 Å². The number of benzene rings is 1. The molecule has 0 aliphatic carbocycles. The van der Waals surface area contributed by atoms with E-state index in [4.69, 9.17) is 4.42 Å². The summed E-state index contributed by atoms with van der Waals surface area (Å²) < 4.78 is 5.03. The normalized spacial score (nSPS) is 10.1. The Balaban J connectivity index is 2.49. The second-order valence-corrected chi connectivity index (χ2v) is 3.18. The fourth-order valence-electron chi connectivity index (χ4n) is 1.38. The average molecular weight is 186 g/mol. The highest BCUT2D eigenvalue weighted by molar-refractivity contribution is 5.84. The van der Waals surface area contributed by atoms with E-state index in [1.54, 1.807) is 6.07 Å². The standard InChI is InChI=1S/C12H10O2/c1-9-2-4-10(5-3-9)11-6-7-14-12(11)8-13/h2-8H,1H3. The van der Waals surface area contributed by atoms with Crippen molar-refractivity contribution in [3.63, 3.8) is 0 Å². The maximum Gasteiger partial charge on any atom is 0.185 e. The van der Waals surface area contributed by atoms with E-state index < -0.39 is 0 Å². The summed E-state index contributed by atoms with van der Waals surface area (Å²) in [5.74, 6) is 0.383. The quantitative estimate of drug-likeness (QED) is 0.674. The van der Waals surface area contributed by atoms with Crippen molar-refractivity contribution in [3.8, 4) is 11.1 Å². The van der Waals surface area contributed by atoms with Crippen molar-refractivity contribution < 1.29 is 9.21 Å². The van der Waals surface area contributed by atoms with Gasteiger partial charge in [0.2, 0.25) is 0 Å². The van der Waals surface area contributed by atoms with Crippen LogP contribution in [-0.4, -0.2) is 6.29 Å². The lowest BCUT2D eigenvalue weighted by Crippen LogP contribution is -1.81. The minimum absolute atomic E-state index is 0.383. The highest BCUT2D eigenvalue weighted by Crippen LogP contribution is 2.23. The highest BCUT2D eigenvalue weighted by atomic mass is 16.3. The third-order valence-corrected chi connectivity index (χ3v) is 2.16. The van der Waals surface area contributed by atoms with E-state index >= 15 is 0 Å². The summed E-state index contributed by atoms with van der Waals surface area (Å²) in [6, 6.07) is 9.78. The number of carbonyl (C=O) groups is 1. The van der Waals surface area contributed by atoms with Gasteiger partial charge in [-0.3, -0.25) is 4.79 Å². The predicted octanol–water partition coefficient (Wildman–Crippen LogP) is 3.07. The third kappa shape index (κ3) is 1.46. The maximum atomic E-state index is 10.6. The summed E-state index contributed by atoms with van der Waals surface area (Å²) >= 11 is 0. The van der Waals surface area contributed by atoms with Crippen LogP contribution in [0.1, 0.15) is 16.1 Å². The van der Waals surface area contributed by atoms with Crippen LogP contribution in [0.5, 0.6) is 0 Å². The van der Waals surface area contributed by atoms with Gasteiger partial charge >= 0.3 is 0 Å². The number of furan rings is 1. The lowest BCUT2D eigenvalue weighted by molar-refractivity contribution is 0.110. The molecule has 2 aromatic rings. The Morgan fingerprint density at radius 1 is 1.14 bits per heavy atom. The van der Waals surface area contributed by atoms with Gasteiger partial charge in [0.05, 0.1) is 6.26 Å². The van der Waals surface area contributed by atoms with Crippen molar-refractivity contribution in [1.29, 1.82) is 0 Å². The van der Waals surface area contributed by atoms with E-state index in [-0.39, 0.29) is 0 Å². The molecule has 2 rings (SSSR count). The van der Waals surface area contributed by atoms with Crippen LogP contribution in [0.4, 0.5) is 0 Å². The lowest BCUT2D eigenvalue weighted by Gasteiger charge is -1.98. The topological polar surface area (TPSA) is 30.2 Å². The molecule has 2 heteroatoms. The van der Waals surface area contributed by atoms with E-state index in [0.29, 0.717) is 5.76 Å². The van der Waals surface area contributed by atoms with Crippen LogP contribution in [0.15, 0.2) is 41.0 Å². The monoisotopic (exact) mass is 186 g/mol. The first-order valence-electron chi connectivity index (χ1n) is 4.41. The van der Waals surface area contributed by atoms with Crippen LogP contribution in [0, 0.1) is 6.92 Å². The molecular formula is C12H10O2. The van der Waals surface area contributed by atoms with Crippen LogP contribution < -0.4 is 0 Å². The molecule has 0 saturated carbocycles. The molecule has 0 atom stereocenters. The zero-order valence-corrected chi connectivity index (χ0v) is 7.86. The maximum absolute atomic E-state index is 10.6. The van der Waals surface area contributed by atoms with E-state index in [0.717, 1.165) is 17.4 Å². The van der Waals surface area contributed by atoms with Crippen molar-refractivity contribution >= 4 is 6.29 Å². The highest BCUT2D eigenvalue weighted by Gasteiger charge is 2.06. The number of carbonyl (C=O) groups excluding carboxylic acids is 1.